The van der Waals surface area contributed by atoms with Gasteiger partial charge in [-0.25, -0.2) is 8.78 Å². The summed E-state index contributed by atoms with van der Waals surface area (Å²) in [4.78, 5) is 0. The van der Waals surface area contributed by atoms with Gasteiger partial charge in [-0.1, -0.05) is 12.1 Å². The number of anilines is 1. The minimum atomic E-state index is -0.565. The first kappa shape index (κ1) is 15.3. The summed E-state index contributed by atoms with van der Waals surface area (Å²) in [5, 5.41) is 2.95. The molecule has 2 aromatic carbocycles. The summed E-state index contributed by atoms with van der Waals surface area (Å²) in [6.07, 6.45) is 1.71. The van der Waals surface area contributed by atoms with Gasteiger partial charge in [0.25, 0.3) is 0 Å². The van der Waals surface area contributed by atoms with Gasteiger partial charge in [0, 0.05) is 12.6 Å². The molecule has 1 N–H and O–H groups in total. The van der Waals surface area contributed by atoms with Crippen LogP contribution in [0.1, 0.15) is 18.4 Å². The minimum Gasteiger partial charge on any atom is -0.494 e. The lowest BCUT2D eigenvalue weighted by Gasteiger charge is -2.09. The van der Waals surface area contributed by atoms with Crippen molar-refractivity contribution < 1.29 is 13.5 Å². The van der Waals surface area contributed by atoms with Crippen LogP contribution in [-0.4, -0.2) is 13.2 Å². The Morgan fingerprint density at radius 3 is 2.67 bits per heavy atom. The molecule has 0 spiro atoms. The molecule has 2 rings (SSSR count). The van der Waals surface area contributed by atoms with Gasteiger partial charge in [0.05, 0.1) is 12.3 Å². The second-order valence-electron chi connectivity index (χ2n) is 4.92. The molecule has 0 bridgehead atoms. The Hall–Kier alpha value is -2.10. The molecule has 2 nitrogen and oxygen atoms in total. The van der Waals surface area contributed by atoms with E-state index in [2.05, 4.69) is 5.32 Å². The molecule has 0 aromatic heterocycles. The SMILES string of the molecule is Cc1cccc(OCCCCNc2ccc(F)cc2F)c1. The molecule has 112 valence electrons. The molecule has 21 heavy (non-hydrogen) atoms. The van der Waals surface area contributed by atoms with Gasteiger partial charge in [-0.2, -0.15) is 0 Å². The van der Waals surface area contributed by atoms with Crippen molar-refractivity contribution in [2.75, 3.05) is 18.5 Å². The molecule has 0 amide bonds. The van der Waals surface area contributed by atoms with Crippen molar-refractivity contribution in [1.29, 1.82) is 0 Å². The molecule has 2 aromatic rings. The first-order valence-corrected chi connectivity index (χ1v) is 7.03. The predicted octanol–water partition coefficient (Wildman–Crippen LogP) is 4.54. The zero-order valence-electron chi connectivity index (χ0n) is 12.0. The van der Waals surface area contributed by atoms with Crippen LogP contribution in [0.3, 0.4) is 0 Å². The van der Waals surface area contributed by atoms with Crippen LogP contribution in [-0.2, 0) is 0 Å². The summed E-state index contributed by atoms with van der Waals surface area (Å²) in [7, 11) is 0. The average molecular weight is 291 g/mol. The summed E-state index contributed by atoms with van der Waals surface area (Å²) in [6.45, 7) is 3.27. The quantitative estimate of drug-likeness (QED) is 0.756. The number of benzene rings is 2. The van der Waals surface area contributed by atoms with Crippen LogP contribution in [0.5, 0.6) is 5.75 Å². The van der Waals surface area contributed by atoms with Crippen molar-refractivity contribution in [2.24, 2.45) is 0 Å². The maximum atomic E-state index is 13.4. The fourth-order valence-corrected chi connectivity index (χ4v) is 1.98. The Kier molecular flexibility index (Phi) is 5.55. The van der Waals surface area contributed by atoms with Crippen molar-refractivity contribution in [1.82, 2.24) is 0 Å². The van der Waals surface area contributed by atoms with Crippen molar-refractivity contribution >= 4 is 5.69 Å². The number of rotatable bonds is 7. The van der Waals surface area contributed by atoms with Gasteiger partial charge in [0.1, 0.15) is 17.4 Å². The zero-order chi connectivity index (χ0) is 15.1. The molecule has 0 unspecified atom stereocenters. The van der Waals surface area contributed by atoms with E-state index in [4.69, 9.17) is 4.74 Å². The van der Waals surface area contributed by atoms with Crippen LogP contribution < -0.4 is 10.1 Å². The summed E-state index contributed by atoms with van der Waals surface area (Å²) >= 11 is 0. The lowest BCUT2D eigenvalue weighted by molar-refractivity contribution is 0.308. The van der Waals surface area contributed by atoms with Gasteiger partial charge in [-0.05, 0) is 49.6 Å². The van der Waals surface area contributed by atoms with E-state index in [0.29, 0.717) is 18.8 Å². The first-order chi connectivity index (χ1) is 10.1. The maximum Gasteiger partial charge on any atom is 0.149 e. The molecule has 0 saturated heterocycles. The predicted molar refractivity (Wildman–Crippen MR) is 80.8 cm³/mol. The summed E-state index contributed by atoms with van der Waals surface area (Å²) in [5.41, 5.74) is 1.50. The van der Waals surface area contributed by atoms with Crippen LogP contribution in [0.25, 0.3) is 0 Å². The number of halogens is 2. The van der Waals surface area contributed by atoms with Crippen LogP contribution >= 0.6 is 0 Å². The fraction of sp³-hybridized carbons (Fsp3) is 0.294. The monoisotopic (exact) mass is 291 g/mol. The molecule has 0 radical (unpaired) electrons. The summed E-state index contributed by atoms with van der Waals surface area (Å²) < 4.78 is 31.7. The van der Waals surface area contributed by atoms with E-state index < -0.39 is 11.6 Å². The van der Waals surface area contributed by atoms with Gasteiger partial charge < -0.3 is 10.1 Å². The highest BCUT2D eigenvalue weighted by molar-refractivity contribution is 5.44. The zero-order valence-corrected chi connectivity index (χ0v) is 12.0. The summed E-state index contributed by atoms with van der Waals surface area (Å²) in [5.74, 6) is -0.261. The van der Waals surface area contributed by atoms with Gasteiger partial charge >= 0.3 is 0 Å². The molecule has 0 aliphatic rings. The third-order valence-electron chi connectivity index (χ3n) is 3.08. The molecule has 0 fully saturated rings. The first-order valence-electron chi connectivity index (χ1n) is 7.03. The third kappa shape index (κ3) is 5.06. The Balaban J connectivity index is 1.64. The number of aryl methyl sites for hydroxylation is 1. The molecule has 4 heteroatoms. The summed E-state index contributed by atoms with van der Waals surface area (Å²) in [6, 6.07) is 11.4. The molecule has 0 saturated carbocycles. The Morgan fingerprint density at radius 2 is 1.90 bits per heavy atom. The van der Waals surface area contributed by atoms with E-state index in [-0.39, 0.29) is 0 Å². The second-order valence-corrected chi connectivity index (χ2v) is 4.92. The Labute approximate surface area is 123 Å². The average Bonchev–Trinajstić information content (AvgIpc) is 2.44. The van der Waals surface area contributed by atoms with E-state index in [1.54, 1.807) is 0 Å². The van der Waals surface area contributed by atoms with E-state index in [1.807, 2.05) is 31.2 Å². The van der Waals surface area contributed by atoms with Crippen molar-refractivity contribution in [3.05, 3.63) is 59.7 Å². The van der Waals surface area contributed by atoms with Crippen molar-refractivity contribution in [2.45, 2.75) is 19.8 Å². The number of hydrogen-bond acceptors (Lipinski definition) is 2. The topological polar surface area (TPSA) is 21.3 Å². The fourth-order valence-electron chi connectivity index (χ4n) is 1.98. The third-order valence-corrected chi connectivity index (χ3v) is 3.08. The Bertz CT molecular complexity index is 587. The van der Waals surface area contributed by atoms with Gasteiger partial charge in [-0.3, -0.25) is 0 Å². The highest BCUT2D eigenvalue weighted by atomic mass is 19.1. The van der Waals surface area contributed by atoms with E-state index in [0.717, 1.165) is 24.7 Å². The lowest BCUT2D eigenvalue weighted by Crippen LogP contribution is -2.06. The van der Waals surface area contributed by atoms with Crippen LogP contribution in [0.4, 0.5) is 14.5 Å². The largest absolute Gasteiger partial charge is 0.494 e. The molecule has 0 aliphatic heterocycles. The standard InChI is InChI=1S/C17H19F2NO/c1-13-5-4-6-15(11-13)21-10-3-2-9-20-17-8-7-14(18)12-16(17)19/h4-8,11-12,20H,2-3,9-10H2,1H3. The van der Waals surface area contributed by atoms with E-state index in [9.17, 15) is 8.78 Å². The number of hydrogen-bond donors (Lipinski definition) is 1. The molecule has 0 heterocycles. The highest BCUT2D eigenvalue weighted by Gasteiger charge is 2.02. The Morgan fingerprint density at radius 1 is 1.05 bits per heavy atom. The van der Waals surface area contributed by atoms with E-state index >= 15 is 0 Å². The van der Waals surface area contributed by atoms with Gasteiger partial charge in [-0.15, -0.1) is 0 Å². The molecule has 0 atom stereocenters. The molecule has 0 aliphatic carbocycles. The smallest absolute Gasteiger partial charge is 0.149 e. The number of unbranched alkanes of at least 4 members (excludes halogenated alkanes) is 1. The highest BCUT2D eigenvalue weighted by Crippen LogP contribution is 2.15. The second kappa shape index (κ2) is 7.62. The van der Waals surface area contributed by atoms with E-state index in [1.165, 1.54) is 17.7 Å². The number of ether oxygens (including phenoxy) is 1. The van der Waals surface area contributed by atoms with Gasteiger partial charge in [0.15, 0.2) is 0 Å². The van der Waals surface area contributed by atoms with Crippen LogP contribution in [0.2, 0.25) is 0 Å². The normalized spacial score (nSPS) is 10.4. The number of nitrogens with one attached hydrogen (secondary N) is 1. The maximum absolute atomic E-state index is 13.4. The lowest BCUT2D eigenvalue weighted by atomic mass is 10.2. The molecular formula is C17H19F2NO. The van der Waals surface area contributed by atoms with Crippen LogP contribution in [0, 0.1) is 18.6 Å². The molecular weight excluding hydrogens is 272 g/mol. The minimum absolute atomic E-state index is 0.330. The van der Waals surface area contributed by atoms with Crippen LogP contribution in [0.15, 0.2) is 42.5 Å². The van der Waals surface area contributed by atoms with Crippen molar-refractivity contribution in [3.8, 4) is 5.75 Å². The van der Waals surface area contributed by atoms with Crippen molar-refractivity contribution in [3.63, 3.8) is 0 Å². The van der Waals surface area contributed by atoms with Gasteiger partial charge in [0.2, 0.25) is 0 Å².